The van der Waals surface area contributed by atoms with Gasteiger partial charge in [0.05, 0.1) is 23.9 Å². The SMILES string of the molecule is O=C1C(=O)N(c2ccc(F)cc2F)C(c2cccnc2)/C1=C(/O)c1ccc2c(c1)CCCO2. The van der Waals surface area contributed by atoms with Gasteiger partial charge in [-0.05, 0) is 60.4 Å². The number of aliphatic hydroxyl groups excluding tert-OH is 1. The van der Waals surface area contributed by atoms with Crippen molar-refractivity contribution in [3.8, 4) is 5.75 Å². The van der Waals surface area contributed by atoms with Crippen LogP contribution in [0.15, 0.2) is 66.5 Å². The van der Waals surface area contributed by atoms with Gasteiger partial charge in [0, 0.05) is 24.0 Å². The number of ketones is 1. The highest BCUT2D eigenvalue weighted by Crippen LogP contribution is 2.43. The Bertz CT molecular complexity index is 1310. The second-order valence-electron chi connectivity index (χ2n) is 7.83. The first-order chi connectivity index (χ1) is 16.0. The first kappa shape index (κ1) is 20.8. The number of aliphatic hydroxyl groups is 1. The van der Waals surface area contributed by atoms with Gasteiger partial charge in [-0.2, -0.15) is 0 Å². The number of hydrogen-bond acceptors (Lipinski definition) is 5. The first-order valence-electron chi connectivity index (χ1n) is 10.4. The molecule has 0 spiro atoms. The molecule has 1 atom stereocenters. The normalized spacial score (nSPS) is 19.3. The molecule has 6 nitrogen and oxygen atoms in total. The van der Waals surface area contributed by atoms with Gasteiger partial charge in [-0.25, -0.2) is 8.78 Å². The first-order valence-corrected chi connectivity index (χ1v) is 10.4. The Morgan fingerprint density at radius 1 is 1.12 bits per heavy atom. The van der Waals surface area contributed by atoms with Crippen molar-refractivity contribution in [2.75, 3.05) is 11.5 Å². The summed E-state index contributed by atoms with van der Waals surface area (Å²) in [6.07, 6.45) is 4.51. The van der Waals surface area contributed by atoms with Crippen LogP contribution in [0.3, 0.4) is 0 Å². The number of anilines is 1. The molecular formula is C25H18F2N2O4. The summed E-state index contributed by atoms with van der Waals surface area (Å²) in [6, 6.07) is 9.83. The summed E-state index contributed by atoms with van der Waals surface area (Å²) in [6.45, 7) is 0.605. The van der Waals surface area contributed by atoms with Gasteiger partial charge in [0.2, 0.25) is 0 Å². The van der Waals surface area contributed by atoms with E-state index in [1.54, 1.807) is 30.3 Å². The van der Waals surface area contributed by atoms with E-state index in [4.69, 9.17) is 4.74 Å². The third kappa shape index (κ3) is 3.53. The lowest BCUT2D eigenvalue weighted by Crippen LogP contribution is -2.30. The third-order valence-electron chi connectivity index (χ3n) is 5.80. The van der Waals surface area contributed by atoms with Crippen molar-refractivity contribution < 1.29 is 28.2 Å². The quantitative estimate of drug-likeness (QED) is 0.367. The van der Waals surface area contributed by atoms with E-state index < -0.39 is 29.4 Å². The van der Waals surface area contributed by atoms with E-state index >= 15 is 0 Å². The largest absolute Gasteiger partial charge is 0.507 e. The number of nitrogens with zero attached hydrogens (tertiary/aromatic N) is 2. The van der Waals surface area contributed by atoms with E-state index in [2.05, 4.69) is 4.98 Å². The summed E-state index contributed by atoms with van der Waals surface area (Å²) in [7, 11) is 0. The van der Waals surface area contributed by atoms with Crippen LogP contribution >= 0.6 is 0 Å². The van der Waals surface area contributed by atoms with Gasteiger partial charge in [-0.3, -0.25) is 19.5 Å². The number of ether oxygens (including phenoxy) is 1. The van der Waals surface area contributed by atoms with Crippen molar-refractivity contribution in [2.24, 2.45) is 0 Å². The molecule has 0 saturated carbocycles. The molecule has 2 aliphatic heterocycles. The van der Waals surface area contributed by atoms with Crippen LogP contribution in [0.25, 0.3) is 5.76 Å². The fourth-order valence-electron chi connectivity index (χ4n) is 4.27. The van der Waals surface area contributed by atoms with Crippen LogP contribution < -0.4 is 9.64 Å². The number of carbonyl (C=O) groups excluding carboxylic acids is 2. The molecule has 1 fully saturated rings. The smallest absolute Gasteiger partial charge is 0.300 e. The Labute approximate surface area is 187 Å². The predicted molar refractivity (Wildman–Crippen MR) is 116 cm³/mol. The molecule has 3 aromatic rings. The summed E-state index contributed by atoms with van der Waals surface area (Å²) in [5.74, 6) is -3.51. The fourth-order valence-corrected chi connectivity index (χ4v) is 4.27. The van der Waals surface area contributed by atoms with Gasteiger partial charge < -0.3 is 9.84 Å². The lowest BCUT2D eigenvalue weighted by molar-refractivity contribution is -0.132. The highest BCUT2D eigenvalue weighted by molar-refractivity contribution is 6.51. The minimum absolute atomic E-state index is 0.201. The molecule has 0 aliphatic carbocycles. The van der Waals surface area contributed by atoms with Gasteiger partial charge in [0.25, 0.3) is 11.7 Å². The predicted octanol–water partition coefficient (Wildman–Crippen LogP) is 4.31. The van der Waals surface area contributed by atoms with Crippen molar-refractivity contribution in [1.82, 2.24) is 4.98 Å². The van der Waals surface area contributed by atoms with E-state index in [1.165, 1.54) is 12.4 Å². The highest BCUT2D eigenvalue weighted by atomic mass is 19.1. The average molecular weight is 448 g/mol. The number of aryl methyl sites for hydroxylation is 1. The minimum Gasteiger partial charge on any atom is -0.507 e. The van der Waals surface area contributed by atoms with Gasteiger partial charge in [-0.1, -0.05) is 6.07 Å². The molecule has 1 saturated heterocycles. The van der Waals surface area contributed by atoms with Gasteiger partial charge >= 0.3 is 0 Å². The van der Waals surface area contributed by atoms with Gasteiger partial charge in [0.1, 0.15) is 23.1 Å². The van der Waals surface area contributed by atoms with E-state index in [9.17, 15) is 23.5 Å². The van der Waals surface area contributed by atoms with E-state index in [0.29, 0.717) is 29.5 Å². The number of carbonyl (C=O) groups is 2. The maximum absolute atomic E-state index is 14.7. The van der Waals surface area contributed by atoms with E-state index in [0.717, 1.165) is 35.4 Å². The standard InChI is InChI=1S/C25H18F2N2O4/c26-17-6-7-19(18(27)12-17)29-22(16-3-1-9-28-13-16)21(24(31)25(29)32)23(30)15-5-8-20-14(11-15)4-2-10-33-20/h1,3,5-9,11-13,22,30H,2,4,10H2/b23-21-. The minimum atomic E-state index is -1.15. The monoisotopic (exact) mass is 448 g/mol. The number of halogens is 2. The van der Waals surface area contributed by atoms with Crippen LogP contribution in [0.1, 0.15) is 29.2 Å². The molecule has 8 heteroatoms. The number of benzene rings is 2. The Hall–Kier alpha value is -4.07. The molecule has 1 N–H and O–H groups in total. The maximum atomic E-state index is 14.7. The molecule has 0 bridgehead atoms. The topological polar surface area (TPSA) is 79.7 Å². The second-order valence-corrected chi connectivity index (χ2v) is 7.83. The zero-order valence-electron chi connectivity index (χ0n) is 17.3. The number of Topliss-reactive ketones (excluding diaryl/α,β-unsaturated/α-hetero) is 1. The number of fused-ring (bicyclic) bond motifs is 1. The molecule has 1 aromatic heterocycles. The average Bonchev–Trinajstić information content (AvgIpc) is 3.09. The molecule has 1 unspecified atom stereocenters. The van der Waals surface area contributed by atoms with Crippen molar-refractivity contribution >= 4 is 23.1 Å². The van der Waals surface area contributed by atoms with Gasteiger partial charge in [0.15, 0.2) is 0 Å². The second kappa shape index (κ2) is 8.12. The summed E-state index contributed by atoms with van der Waals surface area (Å²) in [4.78, 5) is 31.1. The Kier molecular flexibility index (Phi) is 5.12. The molecule has 2 aliphatic rings. The zero-order chi connectivity index (χ0) is 23.1. The fraction of sp³-hybridized carbons (Fsp3) is 0.160. The summed E-state index contributed by atoms with van der Waals surface area (Å²) >= 11 is 0. The number of rotatable bonds is 3. The third-order valence-corrected chi connectivity index (χ3v) is 5.80. The Morgan fingerprint density at radius 3 is 2.73 bits per heavy atom. The van der Waals surface area contributed by atoms with E-state index in [-0.39, 0.29) is 17.0 Å². The molecular weight excluding hydrogens is 430 g/mol. The molecule has 5 rings (SSSR count). The number of aromatic nitrogens is 1. The maximum Gasteiger partial charge on any atom is 0.300 e. The molecule has 0 radical (unpaired) electrons. The number of pyridine rings is 1. The highest BCUT2D eigenvalue weighted by Gasteiger charge is 2.48. The zero-order valence-corrected chi connectivity index (χ0v) is 17.3. The Balaban J connectivity index is 1.70. The van der Waals surface area contributed by atoms with Crippen LogP contribution in [-0.2, 0) is 16.0 Å². The van der Waals surface area contributed by atoms with Gasteiger partial charge in [-0.15, -0.1) is 0 Å². The van der Waals surface area contributed by atoms with Crippen molar-refractivity contribution in [3.05, 3.63) is 94.8 Å². The molecule has 2 aromatic carbocycles. The molecule has 33 heavy (non-hydrogen) atoms. The summed E-state index contributed by atoms with van der Waals surface area (Å²) < 4.78 is 33.8. The van der Waals surface area contributed by atoms with E-state index in [1.807, 2.05) is 0 Å². The summed E-state index contributed by atoms with van der Waals surface area (Å²) in [5, 5.41) is 11.2. The van der Waals surface area contributed by atoms with Crippen molar-refractivity contribution in [1.29, 1.82) is 0 Å². The summed E-state index contributed by atoms with van der Waals surface area (Å²) in [5.41, 5.74) is 1.13. The number of amides is 1. The van der Waals surface area contributed by atoms with Crippen LogP contribution in [0, 0.1) is 11.6 Å². The molecule has 1 amide bonds. The molecule has 166 valence electrons. The number of hydrogen-bond donors (Lipinski definition) is 1. The van der Waals surface area contributed by atoms with Crippen LogP contribution in [0.5, 0.6) is 5.75 Å². The van der Waals surface area contributed by atoms with Crippen LogP contribution in [0.2, 0.25) is 0 Å². The molecule has 3 heterocycles. The van der Waals surface area contributed by atoms with Crippen LogP contribution in [-0.4, -0.2) is 28.4 Å². The van der Waals surface area contributed by atoms with Crippen molar-refractivity contribution in [2.45, 2.75) is 18.9 Å². The lowest BCUT2D eigenvalue weighted by Gasteiger charge is -2.25. The van der Waals surface area contributed by atoms with Crippen molar-refractivity contribution in [3.63, 3.8) is 0 Å². The van der Waals surface area contributed by atoms with Crippen LogP contribution in [0.4, 0.5) is 14.5 Å². The lowest BCUT2D eigenvalue weighted by atomic mass is 9.94. The Morgan fingerprint density at radius 2 is 1.97 bits per heavy atom.